The lowest BCUT2D eigenvalue weighted by molar-refractivity contribution is 0.0865. The number of nitrogens with zero attached hydrogens (tertiary/aromatic N) is 7. The second-order valence-electron chi connectivity index (χ2n) is 6.93. The largest absolute Gasteiger partial charge is 0.445 e. The Kier molecular flexibility index (Phi) is 5.31. The van der Waals surface area contributed by atoms with Crippen LogP contribution in [-0.4, -0.2) is 53.6 Å². The Morgan fingerprint density at radius 2 is 1.96 bits per heavy atom. The van der Waals surface area contributed by atoms with Crippen LogP contribution in [0.2, 0.25) is 0 Å². The van der Waals surface area contributed by atoms with E-state index in [4.69, 9.17) is 4.74 Å². The van der Waals surface area contributed by atoms with Gasteiger partial charge in [0.1, 0.15) is 31.6 Å². The topological polar surface area (TPSA) is 91.0 Å². The predicted molar refractivity (Wildman–Crippen MR) is 100 cm³/mol. The van der Waals surface area contributed by atoms with Crippen LogP contribution in [0.4, 0.5) is 4.79 Å². The van der Waals surface area contributed by atoms with Gasteiger partial charge in [0.2, 0.25) is 0 Å². The number of benzene rings is 1. The lowest BCUT2D eigenvalue weighted by atomic mass is 9.96. The number of ether oxygens (including phenoxy) is 1. The lowest BCUT2D eigenvalue weighted by Crippen LogP contribution is -2.38. The first-order chi connectivity index (χ1) is 13.7. The van der Waals surface area contributed by atoms with Crippen molar-refractivity contribution in [3.63, 3.8) is 0 Å². The fourth-order valence-electron chi connectivity index (χ4n) is 3.46. The molecule has 1 aliphatic heterocycles. The smallest absolute Gasteiger partial charge is 0.410 e. The van der Waals surface area contributed by atoms with Crippen LogP contribution in [0.25, 0.3) is 0 Å². The summed E-state index contributed by atoms with van der Waals surface area (Å²) in [5.41, 5.74) is 0.990. The lowest BCUT2D eigenvalue weighted by Gasteiger charge is -2.30. The van der Waals surface area contributed by atoms with Crippen molar-refractivity contribution in [1.29, 1.82) is 0 Å². The summed E-state index contributed by atoms with van der Waals surface area (Å²) in [6, 6.07) is 9.72. The molecule has 1 aliphatic rings. The number of hydrogen-bond donors (Lipinski definition) is 0. The van der Waals surface area contributed by atoms with Gasteiger partial charge in [0.15, 0.2) is 5.82 Å². The highest BCUT2D eigenvalue weighted by Gasteiger charge is 2.28. The van der Waals surface area contributed by atoms with Gasteiger partial charge in [-0.1, -0.05) is 30.3 Å². The molecule has 1 aromatic carbocycles. The maximum absolute atomic E-state index is 12.3. The van der Waals surface area contributed by atoms with Crippen LogP contribution >= 0.6 is 0 Å². The third kappa shape index (κ3) is 4.03. The highest BCUT2D eigenvalue weighted by Crippen LogP contribution is 2.27. The molecule has 28 heavy (non-hydrogen) atoms. The van der Waals surface area contributed by atoms with Gasteiger partial charge in [-0.25, -0.2) is 14.5 Å². The number of hydrogen-bond acceptors (Lipinski definition) is 6. The second-order valence-corrected chi connectivity index (χ2v) is 6.93. The summed E-state index contributed by atoms with van der Waals surface area (Å²) in [7, 11) is 1.97. The summed E-state index contributed by atoms with van der Waals surface area (Å²) in [6.45, 7) is 2.15. The Balaban J connectivity index is 1.30. The standard InChI is InChI=1S/C19H23N7O2/c1-24-17(11-26-14-20-13-21-26)22-23-18(24)16-7-9-25(10-8-16)19(27)28-12-15-5-3-2-4-6-15/h2-6,13-14,16H,7-12H2,1H3. The van der Waals surface area contributed by atoms with Gasteiger partial charge in [-0.2, -0.15) is 5.10 Å². The molecule has 0 unspecified atom stereocenters. The number of amides is 1. The van der Waals surface area contributed by atoms with E-state index in [1.165, 1.54) is 6.33 Å². The Morgan fingerprint density at radius 3 is 2.68 bits per heavy atom. The molecular weight excluding hydrogens is 358 g/mol. The van der Waals surface area contributed by atoms with Crippen molar-refractivity contribution in [2.45, 2.75) is 31.9 Å². The first-order valence-electron chi connectivity index (χ1n) is 9.37. The van der Waals surface area contributed by atoms with Crippen molar-refractivity contribution in [1.82, 2.24) is 34.4 Å². The number of rotatable bonds is 5. The minimum absolute atomic E-state index is 0.257. The molecule has 1 fully saturated rings. The average Bonchev–Trinajstić information content (AvgIpc) is 3.38. The van der Waals surface area contributed by atoms with E-state index in [0.717, 1.165) is 30.1 Å². The molecule has 9 heteroatoms. The van der Waals surface area contributed by atoms with Gasteiger partial charge in [0.25, 0.3) is 0 Å². The molecule has 0 atom stereocenters. The maximum Gasteiger partial charge on any atom is 0.410 e. The van der Waals surface area contributed by atoms with E-state index in [2.05, 4.69) is 20.3 Å². The average molecular weight is 381 g/mol. The summed E-state index contributed by atoms with van der Waals surface area (Å²) < 4.78 is 9.18. The SMILES string of the molecule is Cn1c(Cn2cncn2)nnc1C1CCN(C(=O)OCc2ccccc2)CC1. The monoisotopic (exact) mass is 381 g/mol. The Hall–Kier alpha value is -3.23. The molecule has 3 aromatic rings. The highest BCUT2D eigenvalue weighted by molar-refractivity contribution is 5.67. The normalized spacial score (nSPS) is 15.0. The van der Waals surface area contributed by atoms with E-state index in [-0.39, 0.29) is 12.0 Å². The zero-order valence-electron chi connectivity index (χ0n) is 15.8. The molecule has 2 aromatic heterocycles. The minimum Gasteiger partial charge on any atom is -0.445 e. The molecule has 3 heterocycles. The number of piperidine rings is 1. The van der Waals surface area contributed by atoms with Gasteiger partial charge in [-0.05, 0) is 18.4 Å². The van der Waals surface area contributed by atoms with Gasteiger partial charge in [-0.15, -0.1) is 10.2 Å². The van der Waals surface area contributed by atoms with Gasteiger partial charge in [0.05, 0.1) is 0 Å². The van der Waals surface area contributed by atoms with Gasteiger partial charge >= 0.3 is 6.09 Å². The van der Waals surface area contributed by atoms with Crippen LogP contribution in [0, 0.1) is 0 Å². The van der Waals surface area contributed by atoms with E-state index in [0.29, 0.717) is 26.2 Å². The first-order valence-corrected chi connectivity index (χ1v) is 9.37. The highest BCUT2D eigenvalue weighted by atomic mass is 16.6. The third-order valence-corrected chi connectivity index (χ3v) is 5.09. The van der Waals surface area contributed by atoms with Crippen LogP contribution in [0.1, 0.15) is 36.0 Å². The molecule has 0 bridgehead atoms. The second kappa shape index (κ2) is 8.20. The Bertz CT molecular complexity index is 900. The molecule has 1 amide bonds. The maximum atomic E-state index is 12.3. The summed E-state index contributed by atoms with van der Waals surface area (Å²) in [4.78, 5) is 18.0. The Morgan fingerprint density at radius 1 is 1.18 bits per heavy atom. The number of aromatic nitrogens is 6. The zero-order chi connectivity index (χ0) is 19.3. The third-order valence-electron chi connectivity index (χ3n) is 5.09. The van der Waals surface area contributed by atoms with Gasteiger partial charge in [0, 0.05) is 26.1 Å². The number of carbonyl (C=O) groups excluding carboxylic acids is 1. The van der Waals surface area contributed by atoms with Gasteiger partial charge < -0.3 is 14.2 Å². The summed E-state index contributed by atoms with van der Waals surface area (Å²) >= 11 is 0. The van der Waals surface area contributed by atoms with Crippen LogP contribution < -0.4 is 0 Å². The molecule has 0 aliphatic carbocycles. The molecule has 0 N–H and O–H groups in total. The molecule has 9 nitrogen and oxygen atoms in total. The summed E-state index contributed by atoms with van der Waals surface area (Å²) in [5, 5.41) is 12.8. The predicted octanol–water partition coefficient (Wildman–Crippen LogP) is 1.97. The van der Waals surface area contributed by atoms with Crippen molar-refractivity contribution < 1.29 is 9.53 Å². The molecule has 146 valence electrons. The van der Waals surface area contributed by atoms with Crippen molar-refractivity contribution >= 4 is 6.09 Å². The van der Waals surface area contributed by atoms with Crippen LogP contribution in [0.5, 0.6) is 0 Å². The van der Waals surface area contributed by atoms with Crippen molar-refractivity contribution in [3.8, 4) is 0 Å². The van der Waals surface area contributed by atoms with E-state index >= 15 is 0 Å². The molecule has 0 radical (unpaired) electrons. The van der Waals surface area contributed by atoms with E-state index in [9.17, 15) is 4.79 Å². The number of likely N-dealkylation sites (tertiary alicyclic amines) is 1. The quantitative estimate of drug-likeness (QED) is 0.671. The molecule has 0 spiro atoms. The number of carbonyl (C=O) groups is 1. The summed E-state index contributed by atoms with van der Waals surface area (Å²) in [6.07, 6.45) is 4.59. The molecule has 0 saturated carbocycles. The van der Waals surface area contributed by atoms with Crippen molar-refractivity contribution in [2.24, 2.45) is 7.05 Å². The Labute approximate surface area is 163 Å². The van der Waals surface area contributed by atoms with E-state index < -0.39 is 0 Å². The van der Waals surface area contributed by atoms with Crippen molar-refractivity contribution in [3.05, 3.63) is 60.2 Å². The van der Waals surface area contributed by atoms with Gasteiger partial charge in [-0.3, -0.25) is 0 Å². The molecule has 1 saturated heterocycles. The first kappa shape index (κ1) is 18.1. The van der Waals surface area contributed by atoms with Crippen LogP contribution in [0.15, 0.2) is 43.0 Å². The van der Waals surface area contributed by atoms with Crippen LogP contribution in [0.3, 0.4) is 0 Å². The van der Waals surface area contributed by atoms with E-state index in [1.807, 2.05) is 41.9 Å². The zero-order valence-corrected chi connectivity index (χ0v) is 15.8. The minimum atomic E-state index is -0.257. The molecular formula is C19H23N7O2. The van der Waals surface area contributed by atoms with Crippen LogP contribution in [-0.2, 0) is 24.9 Å². The van der Waals surface area contributed by atoms with Crippen molar-refractivity contribution in [2.75, 3.05) is 13.1 Å². The summed E-state index contributed by atoms with van der Waals surface area (Å²) in [5.74, 6) is 2.07. The van der Waals surface area contributed by atoms with E-state index in [1.54, 1.807) is 15.9 Å². The fraction of sp³-hybridized carbons (Fsp3) is 0.421. The molecule has 4 rings (SSSR count). The fourth-order valence-corrected chi connectivity index (χ4v) is 3.46.